The summed E-state index contributed by atoms with van der Waals surface area (Å²) in [4.78, 5) is 2.53. The molecule has 4 heteroatoms. The van der Waals surface area contributed by atoms with E-state index in [1.165, 1.54) is 36.4 Å². The van der Waals surface area contributed by atoms with Crippen LogP contribution in [-0.2, 0) is 0 Å². The minimum Gasteiger partial charge on any atom is -0.370 e. The molecule has 0 amide bonds. The maximum absolute atomic E-state index is 4.53. The molecule has 4 rings (SSSR count). The first-order chi connectivity index (χ1) is 9.69. The highest BCUT2D eigenvalue weighted by Gasteiger charge is 2.52. The minimum absolute atomic E-state index is 0.133. The SMILES string of the molecule is CC1=NN=C2C3CCCC12CN(c1ccc(Br)cc1)C3. The van der Waals surface area contributed by atoms with E-state index < -0.39 is 0 Å². The lowest BCUT2D eigenvalue weighted by molar-refractivity contribution is 0.353. The molecule has 2 atom stereocenters. The molecule has 1 saturated heterocycles. The third-order valence-corrected chi connectivity index (χ3v) is 5.66. The molecule has 0 radical (unpaired) electrons. The second-order valence-corrected chi connectivity index (χ2v) is 7.11. The van der Waals surface area contributed by atoms with Gasteiger partial charge in [0.15, 0.2) is 0 Å². The third-order valence-electron chi connectivity index (χ3n) is 5.13. The summed E-state index contributed by atoms with van der Waals surface area (Å²) >= 11 is 3.51. The van der Waals surface area contributed by atoms with E-state index in [4.69, 9.17) is 0 Å². The van der Waals surface area contributed by atoms with Crippen molar-refractivity contribution in [2.75, 3.05) is 18.0 Å². The summed E-state index contributed by atoms with van der Waals surface area (Å²) in [6, 6.07) is 8.67. The van der Waals surface area contributed by atoms with Gasteiger partial charge in [0.05, 0.1) is 16.8 Å². The van der Waals surface area contributed by atoms with Crippen LogP contribution < -0.4 is 4.90 Å². The molecular weight excluding hydrogens is 314 g/mol. The lowest BCUT2D eigenvalue weighted by Gasteiger charge is -2.49. The Morgan fingerprint density at radius 3 is 2.85 bits per heavy atom. The van der Waals surface area contributed by atoms with E-state index in [0.717, 1.165) is 17.6 Å². The van der Waals surface area contributed by atoms with E-state index in [1.54, 1.807) is 0 Å². The van der Waals surface area contributed by atoms with Crippen molar-refractivity contribution >= 4 is 33.0 Å². The van der Waals surface area contributed by atoms with Gasteiger partial charge in [-0.1, -0.05) is 22.4 Å². The molecule has 3 aliphatic rings. The summed E-state index contributed by atoms with van der Waals surface area (Å²) in [7, 11) is 0. The fourth-order valence-electron chi connectivity index (χ4n) is 4.03. The van der Waals surface area contributed by atoms with E-state index in [1.807, 2.05) is 0 Å². The first-order valence-electron chi connectivity index (χ1n) is 7.33. The van der Waals surface area contributed by atoms with Gasteiger partial charge in [0.2, 0.25) is 0 Å². The molecule has 0 spiro atoms. The zero-order valence-electron chi connectivity index (χ0n) is 11.6. The van der Waals surface area contributed by atoms with E-state index in [-0.39, 0.29) is 5.41 Å². The zero-order valence-corrected chi connectivity index (χ0v) is 13.2. The minimum atomic E-state index is 0.133. The van der Waals surface area contributed by atoms with Crippen molar-refractivity contribution in [1.29, 1.82) is 0 Å². The molecule has 3 nitrogen and oxygen atoms in total. The Kier molecular flexibility index (Phi) is 2.78. The predicted molar refractivity (Wildman–Crippen MR) is 86.7 cm³/mol. The van der Waals surface area contributed by atoms with Gasteiger partial charge >= 0.3 is 0 Å². The van der Waals surface area contributed by atoms with Gasteiger partial charge in [-0.3, -0.25) is 0 Å². The highest BCUT2D eigenvalue weighted by Crippen LogP contribution is 2.46. The van der Waals surface area contributed by atoms with Crippen LogP contribution in [0.4, 0.5) is 5.69 Å². The first kappa shape index (κ1) is 12.6. The molecule has 1 aromatic carbocycles. The van der Waals surface area contributed by atoms with E-state index >= 15 is 0 Å². The largest absolute Gasteiger partial charge is 0.370 e. The fraction of sp³-hybridized carbons (Fsp3) is 0.500. The molecule has 2 bridgehead atoms. The lowest BCUT2D eigenvalue weighted by atomic mass is 9.63. The number of benzene rings is 1. The highest BCUT2D eigenvalue weighted by molar-refractivity contribution is 9.10. The van der Waals surface area contributed by atoms with E-state index in [9.17, 15) is 0 Å². The van der Waals surface area contributed by atoms with Crippen LogP contribution in [-0.4, -0.2) is 24.5 Å². The van der Waals surface area contributed by atoms with Gasteiger partial charge in [0.25, 0.3) is 0 Å². The Bertz CT molecular complexity index is 605. The van der Waals surface area contributed by atoms with Crippen LogP contribution in [0.5, 0.6) is 0 Å². The number of rotatable bonds is 1. The van der Waals surface area contributed by atoms with Crippen molar-refractivity contribution in [2.45, 2.75) is 26.2 Å². The van der Waals surface area contributed by atoms with Crippen molar-refractivity contribution in [3.8, 4) is 0 Å². The monoisotopic (exact) mass is 331 g/mol. The van der Waals surface area contributed by atoms with Crippen molar-refractivity contribution in [3.63, 3.8) is 0 Å². The van der Waals surface area contributed by atoms with Gasteiger partial charge < -0.3 is 4.90 Å². The summed E-state index contributed by atoms with van der Waals surface area (Å²) in [6.07, 6.45) is 3.78. The van der Waals surface area contributed by atoms with Crippen LogP contribution in [0, 0.1) is 11.3 Å². The molecule has 104 valence electrons. The number of nitrogens with zero attached hydrogens (tertiary/aromatic N) is 3. The van der Waals surface area contributed by atoms with Crippen molar-refractivity contribution in [3.05, 3.63) is 28.7 Å². The Morgan fingerprint density at radius 1 is 1.25 bits per heavy atom. The van der Waals surface area contributed by atoms with Gasteiger partial charge in [-0.25, -0.2) is 0 Å². The molecular formula is C16H18BrN3. The molecule has 0 aromatic heterocycles. The van der Waals surface area contributed by atoms with Crippen LogP contribution >= 0.6 is 15.9 Å². The summed E-state index contributed by atoms with van der Waals surface area (Å²) in [5.41, 5.74) is 4.04. The van der Waals surface area contributed by atoms with Gasteiger partial charge in [-0.2, -0.15) is 10.2 Å². The Hall–Kier alpha value is -1.16. The second kappa shape index (κ2) is 4.42. The lowest BCUT2D eigenvalue weighted by Crippen LogP contribution is -2.58. The molecule has 1 saturated carbocycles. The van der Waals surface area contributed by atoms with Crippen molar-refractivity contribution < 1.29 is 0 Å². The third kappa shape index (κ3) is 1.70. The number of hydrogen-bond acceptors (Lipinski definition) is 3. The molecule has 2 fully saturated rings. The van der Waals surface area contributed by atoms with Crippen LogP contribution in [0.1, 0.15) is 26.2 Å². The summed E-state index contributed by atoms with van der Waals surface area (Å²) in [5, 5.41) is 8.95. The van der Waals surface area contributed by atoms with Crippen LogP contribution in [0.3, 0.4) is 0 Å². The predicted octanol–water partition coefficient (Wildman–Crippen LogP) is 3.89. The summed E-state index contributed by atoms with van der Waals surface area (Å²) < 4.78 is 1.14. The summed E-state index contributed by atoms with van der Waals surface area (Å²) in [5.74, 6) is 0.586. The summed E-state index contributed by atoms with van der Waals surface area (Å²) in [6.45, 7) is 4.29. The molecule has 1 aromatic rings. The standard InChI is InChI=1S/C16H18BrN3/c1-11-16-8-2-3-12(15(16)19-18-11)9-20(10-16)14-6-4-13(17)5-7-14/h4-7,12H,2-3,8-10H2,1H3. The average Bonchev–Trinajstić information content (AvgIpc) is 2.78. The van der Waals surface area contributed by atoms with Gasteiger partial charge in [0, 0.05) is 29.2 Å². The Morgan fingerprint density at radius 2 is 2.05 bits per heavy atom. The van der Waals surface area contributed by atoms with Crippen molar-refractivity contribution in [1.82, 2.24) is 0 Å². The molecule has 2 heterocycles. The van der Waals surface area contributed by atoms with E-state index in [0.29, 0.717) is 5.92 Å². The molecule has 2 unspecified atom stereocenters. The second-order valence-electron chi connectivity index (χ2n) is 6.20. The first-order valence-corrected chi connectivity index (χ1v) is 8.12. The molecule has 20 heavy (non-hydrogen) atoms. The molecule has 0 N–H and O–H groups in total. The topological polar surface area (TPSA) is 28.0 Å². The average molecular weight is 332 g/mol. The quantitative estimate of drug-likeness (QED) is 0.767. The van der Waals surface area contributed by atoms with Crippen LogP contribution in [0.2, 0.25) is 0 Å². The smallest absolute Gasteiger partial charge is 0.0681 e. The molecule has 1 aliphatic carbocycles. The number of halogens is 1. The van der Waals surface area contributed by atoms with Gasteiger partial charge in [-0.15, -0.1) is 0 Å². The Balaban J connectivity index is 1.71. The maximum Gasteiger partial charge on any atom is 0.0681 e. The zero-order chi connectivity index (χ0) is 13.7. The van der Waals surface area contributed by atoms with Gasteiger partial charge in [0.1, 0.15) is 0 Å². The van der Waals surface area contributed by atoms with Crippen molar-refractivity contribution in [2.24, 2.45) is 21.5 Å². The Labute approximate surface area is 127 Å². The van der Waals surface area contributed by atoms with Crippen LogP contribution in [0.15, 0.2) is 38.9 Å². The highest BCUT2D eigenvalue weighted by atomic mass is 79.9. The number of anilines is 1. The number of piperidine rings is 1. The molecule has 2 aliphatic heterocycles. The normalized spacial score (nSPS) is 31.7. The van der Waals surface area contributed by atoms with Gasteiger partial charge in [-0.05, 0) is 44.0 Å². The van der Waals surface area contributed by atoms with Crippen LogP contribution in [0.25, 0.3) is 0 Å². The number of hydrogen-bond donors (Lipinski definition) is 0. The fourth-order valence-corrected chi connectivity index (χ4v) is 4.30. The maximum atomic E-state index is 4.53. The van der Waals surface area contributed by atoms with E-state index in [2.05, 4.69) is 62.2 Å².